The lowest BCUT2D eigenvalue weighted by atomic mass is 9.83. The molecule has 0 saturated carbocycles. The maximum atomic E-state index is 13.5. The quantitative estimate of drug-likeness (QED) is 0.659. The van der Waals surface area contributed by atoms with Gasteiger partial charge in [0.1, 0.15) is 10.6 Å². The minimum Gasteiger partial charge on any atom is -0.475 e. The first-order valence-electron chi connectivity index (χ1n) is 9.09. The van der Waals surface area contributed by atoms with Crippen LogP contribution in [-0.4, -0.2) is 67.4 Å². The predicted octanol–water partition coefficient (Wildman–Crippen LogP) is 3.14. The molecule has 1 spiro atoms. The monoisotopic (exact) mass is 475 g/mol. The van der Waals surface area contributed by atoms with Crippen LogP contribution in [0.1, 0.15) is 18.9 Å². The van der Waals surface area contributed by atoms with Crippen LogP contribution in [0.15, 0.2) is 18.2 Å². The fraction of sp³-hybridized carbons (Fsp3) is 0.611. The second-order valence-electron chi connectivity index (χ2n) is 7.23. The molecule has 1 aromatic carbocycles. The van der Waals surface area contributed by atoms with Gasteiger partial charge in [-0.2, -0.15) is 13.2 Å². The first kappa shape index (κ1) is 24.8. The van der Waals surface area contributed by atoms with Crippen molar-refractivity contribution in [3.63, 3.8) is 0 Å². The molecule has 0 aliphatic carbocycles. The highest BCUT2D eigenvalue weighted by atomic mass is 35.5. The van der Waals surface area contributed by atoms with Crippen LogP contribution in [-0.2, 0) is 25.9 Å². The fourth-order valence-corrected chi connectivity index (χ4v) is 6.26. The number of likely N-dealkylation sites (tertiary alicyclic amines) is 1. The van der Waals surface area contributed by atoms with Crippen molar-refractivity contribution in [1.29, 1.82) is 0 Å². The Morgan fingerprint density at radius 3 is 2.47 bits per heavy atom. The Balaban J connectivity index is 0.000000396. The number of sulfone groups is 1. The predicted molar refractivity (Wildman–Crippen MR) is 101 cm³/mol. The van der Waals surface area contributed by atoms with Crippen molar-refractivity contribution >= 4 is 27.4 Å². The van der Waals surface area contributed by atoms with Crippen molar-refractivity contribution in [3.8, 4) is 0 Å². The van der Waals surface area contributed by atoms with Gasteiger partial charge in [0.2, 0.25) is 0 Å². The van der Waals surface area contributed by atoms with Crippen LogP contribution >= 0.6 is 11.6 Å². The van der Waals surface area contributed by atoms with E-state index in [0.717, 1.165) is 5.56 Å². The van der Waals surface area contributed by atoms with Gasteiger partial charge in [0.25, 0.3) is 0 Å². The molecule has 1 N–H and O–H groups in total. The Kier molecular flexibility index (Phi) is 7.76. The number of halogens is 5. The summed E-state index contributed by atoms with van der Waals surface area (Å²) in [7, 11) is -3.09. The Labute approximate surface area is 176 Å². The molecule has 0 radical (unpaired) electrons. The summed E-state index contributed by atoms with van der Waals surface area (Å²) in [5.41, 5.74) is 0.804. The van der Waals surface area contributed by atoms with Crippen molar-refractivity contribution in [1.82, 2.24) is 4.90 Å². The van der Waals surface area contributed by atoms with Crippen LogP contribution in [0, 0.1) is 11.7 Å². The van der Waals surface area contributed by atoms with Gasteiger partial charge in [-0.3, -0.25) is 4.90 Å². The second-order valence-corrected chi connectivity index (χ2v) is 10.1. The van der Waals surface area contributed by atoms with E-state index < -0.39 is 32.5 Å². The van der Waals surface area contributed by atoms with Gasteiger partial charge in [-0.25, -0.2) is 17.6 Å². The minimum absolute atomic E-state index is 0.0608. The summed E-state index contributed by atoms with van der Waals surface area (Å²) in [6.45, 7) is 4.54. The summed E-state index contributed by atoms with van der Waals surface area (Å²) >= 11 is 5.69. The average molecular weight is 476 g/mol. The Morgan fingerprint density at radius 2 is 1.97 bits per heavy atom. The topological polar surface area (TPSA) is 83.9 Å². The van der Waals surface area contributed by atoms with Gasteiger partial charge >= 0.3 is 12.1 Å². The summed E-state index contributed by atoms with van der Waals surface area (Å²) in [5.74, 6) is -2.89. The van der Waals surface area contributed by atoms with Crippen LogP contribution in [0.25, 0.3) is 0 Å². The average Bonchev–Trinajstić information content (AvgIpc) is 2.87. The van der Waals surface area contributed by atoms with Crippen molar-refractivity contribution < 1.29 is 40.6 Å². The maximum absolute atomic E-state index is 13.5. The Morgan fingerprint density at radius 1 is 1.37 bits per heavy atom. The van der Waals surface area contributed by atoms with E-state index in [1.54, 1.807) is 6.07 Å². The minimum atomic E-state index is -5.08. The summed E-state index contributed by atoms with van der Waals surface area (Å²) in [4.78, 5) is 10.9. The SMILES string of the molecule is CCOCC1CCS(=O)(=O)C12CN(Cc1ccc(Cl)c(F)c1)C2.O=C(O)C(F)(F)F. The zero-order chi connectivity index (χ0) is 22.7. The van der Waals surface area contributed by atoms with Crippen LogP contribution in [0.5, 0.6) is 0 Å². The fourth-order valence-electron chi connectivity index (χ4n) is 3.69. The lowest BCUT2D eigenvalue weighted by Crippen LogP contribution is -2.67. The summed E-state index contributed by atoms with van der Waals surface area (Å²) in [5, 5.41) is 7.23. The molecule has 1 unspecified atom stereocenters. The van der Waals surface area contributed by atoms with Crippen molar-refractivity contribution in [3.05, 3.63) is 34.6 Å². The summed E-state index contributed by atoms with van der Waals surface area (Å²) in [6, 6.07) is 4.72. The van der Waals surface area contributed by atoms with Crippen LogP contribution < -0.4 is 0 Å². The van der Waals surface area contributed by atoms with Gasteiger partial charge in [0.15, 0.2) is 9.84 Å². The number of hydrogen-bond donors (Lipinski definition) is 1. The third kappa shape index (κ3) is 5.43. The Bertz CT molecular complexity index is 872. The highest BCUT2D eigenvalue weighted by molar-refractivity contribution is 7.93. The molecule has 2 aliphatic rings. The van der Waals surface area contributed by atoms with Gasteiger partial charge in [0.05, 0.1) is 17.4 Å². The first-order chi connectivity index (χ1) is 13.8. The molecule has 170 valence electrons. The molecule has 30 heavy (non-hydrogen) atoms. The molecule has 6 nitrogen and oxygen atoms in total. The number of nitrogens with zero attached hydrogens (tertiary/aromatic N) is 1. The number of alkyl halides is 3. The summed E-state index contributed by atoms with van der Waals surface area (Å²) < 4.78 is 75.0. The van der Waals surface area contributed by atoms with E-state index in [0.29, 0.717) is 39.3 Å². The van der Waals surface area contributed by atoms with E-state index in [2.05, 4.69) is 0 Å². The molecule has 2 aliphatic heterocycles. The Hall–Kier alpha value is -1.43. The maximum Gasteiger partial charge on any atom is 0.490 e. The third-order valence-corrected chi connectivity index (χ3v) is 8.15. The van der Waals surface area contributed by atoms with E-state index in [9.17, 15) is 26.0 Å². The molecule has 0 aromatic heterocycles. The molecule has 1 atom stereocenters. The second kappa shape index (κ2) is 9.37. The van der Waals surface area contributed by atoms with E-state index in [-0.39, 0.29) is 16.7 Å². The van der Waals surface area contributed by atoms with E-state index >= 15 is 0 Å². The number of hydrogen-bond acceptors (Lipinski definition) is 5. The number of benzene rings is 1. The molecular weight excluding hydrogens is 454 g/mol. The third-order valence-electron chi connectivity index (χ3n) is 5.24. The van der Waals surface area contributed by atoms with Gasteiger partial charge in [-0.1, -0.05) is 17.7 Å². The van der Waals surface area contributed by atoms with Crippen LogP contribution in [0.3, 0.4) is 0 Å². The molecule has 1 aromatic rings. The number of carboxylic acids is 1. The van der Waals surface area contributed by atoms with Crippen molar-refractivity contribution in [2.75, 3.05) is 32.1 Å². The summed E-state index contributed by atoms with van der Waals surface area (Å²) in [6.07, 6.45) is -4.41. The number of carbonyl (C=O) groups is 1. The molecule has 3 rings (SSSR count). The number of carboxylic acid groups (broad SMARTS) is 1. The molecular formula is C18H22ClF4NO5S. The van der Waals surface area contributed by atoms with E-state index in [1.165, 1.54) is 12.1 Å². The molecule has 2 fully saturated rings. The lowest BCUT2D eigenvalue weighted by Gasteiger charge is -2.50. The normalized spacial score (nSPS) is 22.3. The largest absolute Gasteiger partial charge is 0.490 e. The van der Waals surface area contributed by atoms with Gasteiger partial charge in [-0.05, 0) is 31.0 Å². The van der Waals surface area contributed by atoms with Crippen molar-refractivity contribution in [2.24, 2.45) is 5.92 Å². The zero-order valence-electron chi connectivity index (χ0n) is 16.1. The van der Waals surface area contributed by atoms with Gasteiger partial charge in [0, 0.05) is 32.2 Å². The van der Waals surface area contributed by atoms with Crippen molar-refractivity contribution in [2.45, 2.75) is 30.8 Å². The van der Waals surface area contributed by atoms with E-state index in [4.69, 9.17) is 26.2 Å². The van der Waals surface area contributed by atoms with Gasteiger partial charge < -0.3 is 9.84 Å². The van der Waals surface area contributed by atoms with Gasteiger partial charge in [-0.15, -0.1) is 0 Å². The molecule has 0 amide bonds. The zero-order valence-corrected chi connectivity index (χ0v) is 17.7. The number of rotatable bonds is 5. The number of aliphatic carboxylic acids is 1. The van der Waals surface area contributed by atoms with Crippen LogP contribution in [0.2, 0.25) is 5.02 Å². The van der Waals surface area contributed by atoms with E-state index in [1.807, 2.05) is 11.8 Å². The smallest absolute Gasteiger partial charge is 0.475 e. The molecule has 2 heterocycles. The number of ether oxygens (including phenoxy) is 1. The first-order valence-corrected chi connectivity index (χ1v) is 11.1. The molecule has 2 saturated heterocycles. The molecule has 0 bridgehead atoms. The molecule has 12 heteroatoms. The lowest BCUT2D eigenvalue weighted by molar-refractivity contribution is -0.192. The standard InChI is InChI=1S/C16H21ClFNO3S.C2HF3O2/c1-2-22-9-13-5-6-23(20,21)16(13)10-19(11-16)8-12-3-4-14(17)15(18)7-12;3-2(4,5)1(6)7/h3-4,7,13H,2,5-6,8-11H2,1H3;(H,6,7). The highest BCUT2D eigenvalue weighted by Gasteiger charge is 2.61. The highest BCUT2D eigenvalue weighted by Crippen LogP contribution is 2.45. The van der Waals surface area contributed by atoms with Crippen LogP contribution in [0.4, 0.5) is 17.6 Å².